The highest BCUT2D eigenvalue weighted by Gasteiger charge is 1.94. The van der Waals surface area contributed by atoms with Crippen LogP contribution in [0, 0.1) is 0 Å². The van der Waals surface area contributed by atoms with Crippen molar-refractivity contribution in [1.29, 1.82) is 0 Å². The first kappa shape index (κ1) is 28.0. The van der Waals surface area contributed by atoms with Crippen molar-refractivity contribution in [2.75, 3.05) is 13.2 Å². The predicted octanol–water partition coefficient (Wildman–Crippen LogP) is 4.97. The third-order valence-electron chi connectivity index (χ3n) is 4.37. The van der Waals surface area contributed by atoms with Crippen molar-refractivity contribution in [3.05, 3.63) is 0 Å². The zero-order valence-corrected chi connectivity index (χ0v) is 18.3. The summed E-state index contributed by atoms with van der Waals surface area (Å²) in [5.41, 5.74) is 3.89. The molecule has 160 valence electrons. The van der Waals surface area contributed by atoms with Crippen molar-refractivity contribution >= 4 is 10.4 Å². The van der Waals surface area contributed by atoms with Gasteiger partial charge in [0.05, 0.1) is 13.2 Å². The molecule has 0 fully saturated rings. The molecular weight excluding hydrogens is 350 g/mol. The molecule has 0 spiro atoms. The molecule has 26 heavy (non-hydrogen) atoms. The summed E-state index contributed by atoms with van der Waals surface area (Å²) >= 11 is 0. The van der Waals surface area contributed by atoms with Crippen LogP contribution >= 0.6 is 0 Å². The van der Waals surface area contributed by atoms with Crippen molar-refractivity contribution in [3.8, 4) is 0 Å². The van der Waals surface area contributed by atoms with E-state index in [1.165, 1.54) is 110 Å². The maximum Gasteiger partial charge on any atom is 0.217 e. The van der Waals surface area contributed by atoms with E-state index in [0.717, 1.165) is 6.54 Å². The number of quaternary nitrogens is 1. The van der Waals surface area contributed by atoms with Gasteiger partial charge in [0.25, 0.3) is 0 Å². The lowest BCUT2D eigenvalue weighted by Crippen LogP contribution is -2.50. The topological polar surface area (TPSA) is 94.1 Å². The Hall–Kier alpha value is -0.170. The van der Waals surface area contributed by atoms with Crippen LogP contribution < -0.4 is 5.73 Å². The SMILES string of the molecule is CCCCCCCCCCCCCCCCCC[NH3+].CCOS(=O)(=O)[O-]. The zero-order chi connectivity index (χ0) is 19.9. The van der Waals surface area contributed by atoms with Gasteiger partial charge in [-0.3, -0.25) is 4.18 Å². The van der Waals surface area contributed by atoms with Gasteiger partial charge in [-0.15, -0.1) is 0 Å². The van der Waals surface area contributed by atoms with Gasteiger partial charge < -0.3 is 10.3 Å². The smallest absolute Gasteiger partial charge is 0.217 e. The lowest BCUT2D eigenvalue weighted by molar-refractivity contribution is -0.368. The second kappa shape index (κ2) is 22.9. The van der Waals surface area contributed by atoms with Crippen LogP contribution in [-0.2, 0) is 14.6 Å². The molecule has 0 saturated carbocycles. The molecule has 5 nitrogen and oxygen atoms in total. The Morgan fingerprint density at radius 2 is 0.962 bits per heavy atom. The summed E-state index contributed by atoms with van der Waals surface area (Å²) in [4.78, 5) is 0. The van der Waals surface area contributed by atoms with E-state index in [9.17, 15) is 13.0 Å². The first-order valence-electron chi connectivity index (χ1n) is 10.9. The molecule has 0 heterocycles. The Morgan fingerprint density at radius 1 is 0.654 bits per heavy atom. The van der Waals surface area contributed by atoms with Crippen LogP contribution in [-0.4, -0.2) is 26.1 Å². The summed E-state index contributed by atoms with van der Waals surface area (Å²) in [5, 5.41) is 0. The number of hydrogen-bond donors (Lipinski definition) is 1. The molecule has 3 N–H and O–H groups in total. The van der Waals surface area contributed by atoms with Crippen molar-refractivity contribution in [1.82, 2.24) is 0 Å². The minimum atomic E-state index is -4.42. The molecule has 0 bridgehead atoms. The fourth-order valence-electron chi connectivity index (χ4n) is 2.87. The number of rotatable bonds is 18. The average molecular weight is 396 g/mol. The summed E-state index contributed by atoms with van der Waals surface area (Å²) in [6.45, 7) is 4.75. The molecule has 0 aromatic heterocycles. The monoisotopic (exact) mass is 395 g/mol. The molecule has 0 amide bonds. The average Bonchev–Trinajstić information content (AvgIpc) is 2.58. The van der Waals surface area contributed by atoms with Gasteiger partial charge in [0.15, 0.2) is 0 Å². The summed E-state index contributed by atoms with van der Waals surface area (Å²) in [5.74, 6) is 0. The molecule has 0 aliphatic carbocycles. The Labute approximate surface area is 163 Å². The van der Waals surface area contributed by atoms with E-state index in [1.54, 1.807) is 0 Å². The van der Waals surface area contributed by atoms with Crippen molar-refractivity contribution in [2.24, 2.45) is 0 Å². The Balaban J connectivity index is 0. The maximum absolute atomic E-state index is 9.45. The minimum absolute atomic E-state index is 0.0914. The van der Waals surface area contributed by atoms with E-state index >= 15 is 0 Å². The highest BCUT2D eigenvalue weighted by Crippen LogP contribution is 2.13. The van der Waals surface area contributed by atoms with Crippen LogP contribution in [0.25, 0.3) is 0 Å². The first-order valence-corrected chi connectivity index (χ1v) is 12.2. The zero-order valence-electron chi connectivity index (χ0n) is 17.5. The van der Waals surface area contributed by atoms with E-state index in [2.05, 4.69) is 16.8 Å². The highest BCUT2D eigenvalue weighted by molar-refractivity contribution is 7.80. The van der Waals surface area contributed by atoms with Gasteiger partial charge in [0, 0.05) is 0 Å². The molecule has 0 radical (unpaired) electrons. The molecule has 0 saturated heterocycles. The van der Waals surface area contributed by atoms with Gasteiger partial charge in [-0.05, 0) is 19.8 Å². The quantitative estimate of drug-likeness (QED) is 0.201. The largest absolute Gasteiger partial charge is 0.726 e. The van der Waals surface area contributed by atoms with E-state index in [1.807, 2.05) is 0 Å². The van der Waals surface area contributed by atoms with Crippen molar-refractivity contribution in [3.63, 3.8) is 0 Å². The van der Waals surface area contributed by atoms with Gasteiger partial charge in [-0.2, -0.15) is 0 Å². The molecule has 0 aromatic carbocycles. The molecule has 0 atom stereocenters. The Bertz CT molecular complexity index is 332. The van der Waals surface area contributed by atoms with Gasteiger partial charge in [-0.25, -0.2) is 8.42 Å². The normalized spacial score (nSPS) is 11.2. The third-order valence-corrected chi connectivity index (χ3v) is 4.89. The molecule has 0 aliphatic heterocycles. The van der Waals surface area contributed by atoms with Crippen molar-refractivity contribution < 1.29 is 22.9 Å². The van der Waals surface area contributed by atoms with Crippen LogP contribution in [0.1, 0.15) is 117 Å². The third kappa shape index (κ3) is 31.6. The van der Waals surface area contributed by atoms with Crippen LogP contribution in [0.15, 0.2) is 0 Å². The second-order valence-corrected chi connectivity index (χ2v) is 8.02. The molecule has 6 heteroatoms. The lowest BCUT2D eigenvalue weighted by atomic mass is 10.0. The van der Waals surface area contributed by atoms with E-state index in [0.29, 0.717) is 0 Å². The number of hydrogen-bond acceptors (Lipinski definition) is 4. The molecule has 0 aromatic rings. The van der Waals surface area contributed by atoms with Gasteiger partial charge >= 0.3 is 0 Å². The van der Waals surface area contributed by atoms with Gasteiger partial charge in [0.1, 0.15) is 0 Å². The minimum Gasteiger partial charge on any atom is -0.726 e. The predicted molar refractivity (Wildman–Crippen MR) is 109 cm³/mol. The summed E-state index contributed by atoms with van der Waals surface area (Å²) in [7, 11) is -4.42. The summed E-state index contributed by atoms with van der Waals surface area (Å²) in [6.07, 6.45) is 23.2. The molecule has 0 rings (SSSR count). The summed E-state index contributed by atoms with van der Waals surface area (Å²) in [6, 6.07) is 0. The molecule has 0 unspecified atom stereocenters. The Kier molecular flexibility index (Phi) is 24.7. The van der Waals surface area contributed by atoms with Crippen molar-refractivity contribution in [2.45, 2.75) is 117 Å². The van der Waals surface area contributed by atoms with Crippen LogP contribution in [0.2, 0.25) is 0 Å². The highest BCUT2D eigenvalue weighted by atomic mass is 32.3. The standard InChI is InChI=1S/C18H39N.C2H6O4S/c1-2-3-4-5-6-7-8-9-10-11-12-13-14-15-16-17-18-19;1-2-6-7(3,4)5/h2-19H2,1H3;2H2,1H3,(H,3,4,5). The Morgan fingerprint density at radius 3 is 1.15 bits per heavy atom. The molecular formula is C20H45NO4S. The van der Waals surface area contributed by atoms with E-state index in [4.69, 9.17) is 0 Å². The maximum atomic E-state index is 9.45. The van der Waals surface area contributed by atoms with E-state index in [-0.39, 0.29) is 6.61 Å². The van der Waals surface area contributed by atoms with Gasteiger partial charge in [0.2, 0.25) is 10.4 Å². The molecule has 0 aliphatic rings. The van der Waals surface area contributed by atoms with Crippen LogP contribution in [0.3, 0.4) is 0 Å². The first-order chi connectivity index (χ1) is 12.5. The van der Waals surface area contributed by atoms with Crippen LogP contribution in [0.4, 0.5) is 0 Å². The fraction of sp³-hybridized carbons (Fsp3) is 1.00. The second-order valence-electron chi connectivity index (χ2n) is 6.97. The van der Waals surface area contributed by atoms with Crippen LogP contribution in [0.5, 0.6) is 0 Å². The fourth-order valence-corrected chi connectivity index (χ4v) is 3.16. The van der Waals surface area contributed by atoms with Gasteiger partial charge in [-0.1, -0.05) is 96.8 Å². The lowest BCUT2D eigenvalue weighted by Gasteiger charge is -2.03. The number of unbranched alkanes of at least 4 members (excludes halogenated alkanes) is 15. The van der Waals surface area contributed by atoms with E-state index < -0.39 is 10.4 Å². The summed E-state index contributed by atoms with van der Waals surface area (Å²) < 4.78 is 32.0.